The Kier molecular flexibility index (Phi) is 7.39. The van der Waals surface area contributed by atoms with E-state index in [1.54, 1.807) is 0 Å². The van der Waals surface area contributed by atoms with E-state index in [-0.39, 0.29) is 42.6 Å². The Bertz CT molecular complexity index is 203. The molecule has 0 fully saturated rings. The van der Waals surface area contributed by atoms with Gasteiger partial charge in [0.2, 0.25) is 0 Å². The third-order valence-corrected chi connectivity index (χ3v) is 1.10. The zero-order valence-electron chi connectivity index (χ0n) is 5.65. The van der Waals surface area contributed by atoms with Crippen LogP contribution in [0.3, 0.4) is 0 Å². The van der Waals surface area contributed by atoms with Crippen LogP contribution in [0.25, 0.3) is 0 Å². The van der Waals surface area contributed by atoms with Gasteiger partial charge in [-0.1, -0.05) is 24.3 Å². The van der Waals surface area contributed by atoms with Crippen molar-refractivity contribution >= 4 is 16.8 Å². The fourth-order valence-corrected chi connectivity index (χ4v) is 0.578. The Labute approximate surface area is 88.6 Å². The first kappa shape index (κ1) is 13.8. The summed E-state index contributed by atoms with van der Waals surface area (Å²) in [5, 5.41) is 0.153. The molecule has 0 aromatic heterocycles. The number of hydrogen-bond acceptors (Lipinski definition) is 1. The van der Waals surface area contributed by atoms with Crippen LogP contribution < -0.4 is 12.4 Å². The Morgan fingerprint density at radius 2 is 2.00 bits per heavy atom. The summed E-state index contributed by atoms with van der Waals surface area (Å²) in [5.74, 6) is 0. The Hall–Kier alpha value is 0.283. The molecule has 0 aliphatic carbocycles. The van der Waals surface area contributed by atoms with E-state index in [4.69, 9.17) is 11.6 Å². The average Bonchev–Trinajstić information content (AvgIpc) is 1.80. The first-order valence-corrected chi connectivity index (χ1v) is 2.72. The van der Waals surface area contributed by atoms with E-state index in [0.717, 1.165) is 0 Å². The van der Waals surface area contributed by atoms with E-state index in [1.165, 1.54) is 12.2 Å². The molecule has 0 unspecified atom stereocenters. The summed E-state index contributed by atoms with van der Waals surface area (Å²) in [5.41, 5.74) is 0.263. The van der Waals surface area contributed by atoms with Gasteiger partial charge in [0.15, 0.2) is 0 Å². The van der Waals surface area contributed by atoms with Crippen molar-refractivity contribution in [2.45, 2.75) is 0 Å². The Morgan fingerprint density at radius 1 is 1.45 bits per heavy atom. The second-order valence-corrected chi connectivity index (χ2v) is 1.97. The topological polar surface area (TPSA) is 12.4 Å². The maximum atomic E-state index is 12.3. The van der Waals surface area contributed by atoms with Crippen LogP contribution in [0.5, 0.6) is 0 Å². The molecule has 1 rings (SSSR count). The molecule has 1 heterocycles. The van der Waals surface area contributed by atoms with Gasteiger partial charge in [-0.2, -0.15) is 0 Å². The van der Waals surface area contributed by atoms with Crippen LogP contribution in [0.2, 0.25) is 0 Å². The predicted molar refractivity (Wildman–Crippen MR) is 35.9 cm³/mol. The Balaban J connectivity index is 0. The molecule has 1 radical (unpaired) electrons. The molecule has 1 aliphatic rings. The number of dihydropyridines is 1. The number of hydrogen-bond donors (Lipinski definition) is 0. The van der Waals surface area contributed by atoms with Gasteiger partial charge < -0.3 is 12.4 Å². The molecule has 0 aromatic carbocycles. The third kappa shape index (κ3) is 4.00. The van der Waals surface area contributed by atoms with Crippen LogP contribution in [-0.2, 0) is 19.5 Å². The molecule has 0 saturated heterocycles. The van der Waals surface area contributed by atoms with E-state index in [1.807, 2.05) is 0 Å². The molecule has 0 aromatic rings. The molecule has 5 heteroatoms. The predicted octanol–water partition coefficient (Wildman–Crippen LogP) is -0.790. The van der Waals surface area contributed by atoms with Crippen molar-refractivity contribution in [2.24, 2.45) is 4.99 Å². The minimum Gasteiger partial charge on any atom is -1.00 e. The number of rotatable bonds is 0. The van der Waals surface area contributed by atoms with Crippen molar-refractivity contribution in [1.29, 1.82) is 0 Å². The van der Waals surface area contributed by atoms with Gasteiger partial charge >= 0.3 is 0 Å². The zero-order valence-corrected chi connectivity index (χ0v) is 10.1. The molecule has 0 spiro atoms. The number of nitrogens with zero attached hydrogens (tertiary/aromatic N) is 1. The first-order valence-electron chi connectivity index (χ1n) is 2.34. The van der Waals surface area contributed by atoms with Gasteiger partial charge in [0.05, 0.1) is 0 Å². The molecule has 57 valence electrons. The van der Waals surface area contributed by atoms with Gasteiger partial charge in [-0.3, -0.25) is 0 Å². The molecule has 1 nitrogen and oxygen atoms in total. The summed E-state index contributed by atoms with van der Waals surface area (Å²) in [7, 11) is 0. The van der Waals surface area contributed by atoms with Crippen molar-refractivity contribution in [3.63, 3.8) is 0 Å². The van der Waals surface area contributed by atoms with E-state index in [2.05, 4.69) is 11.6 Å². The van der Waals surface area contributed by atoms with Gasteiger partial charge in [-0.25, -0.2) is 9.38 Å². The third-order valence-electron chi connectivity index (χ3n) is 0.892. The molecule has 1 aliphatic heterocycles. The summed E-state index contributed by atoms with van der Waals surface area (Å²) in [6, 6.07) is 0. The minimum absolute atomic E-state index is 0. The molecule has 0 atom stereocenters. The largest absolute Gasteiger partial charge is 1.00 e. The maximum absolute atomic E-state index is 12.3. The van der Waals surface area contributed by atoms with Gasteiger partial charge in [-0.15, -0.1) is 0 Å². The van der Waals surface area contributed by atoms with E-state index in [9.17, 15) is 4.39 Å². The summed E-state index contributed by atoms with van der Waals surface area (Å²) >= 11 is 5.34. The number of halogens is 3. The summed E-state index contributed by atoms with van der Waals surface area (Å²) < 4.78 is 12.3. The Morgan fingerprint density at radius 3 is 2.36 bits per heavy atom. The maximum Gasteiger partial charge on any atom is 0.285 e. The monoisotopic (exact) mass is 243 g/mol. The van der Waals surface area contributed by atoms with Crippen molar-refractivity contribution in [3.05, 3.63) is 30.6 Å². The normalized spacial score (nSPS) is 16.5. The second-order valence-electron chi connectivity index (χ2n) is 1.58. The van der Waals surface area contributed by atoms with E-state index in [0.29, 0.717) is 0 Å². The second kappa shape index (κ2) is 5.87. The zero-order chi connectivity index (χ0) is 6.85. The summed E-state index contributed by atoms with van der Waals surface area (Å²) in [4.78, 5) is 3.31. The van der Waals surface area contributed by atoms with Gasteiger partial charge in [0.25, 0.3) is 6.30 Å². The van der Waals surface area contributed by atoms with Crippen molar-refractivity contribution < 1.29 is 36.3 Å². The van der Waals surface area contributed by atoms with Crippen LogP contribution in [0, 0.1) is 6.30 Å². The SMILES string of the molecule is C=C1C=CC(Cl)=N[C]1F.[Cl-].[Zn]. The molecular formula is C6H4Cl2FNZn-. The molecule has 0 bridgehead atoms. The van der Waals surface area contributed by atoms with Crippen LogP contribution >= 0.6 is 11.6 Å². The smallest absolute Gasteiger partial charge is 0.285 e. The average molecular weight is 245 g/mol. The number of allylic oxidation sites excluding steroid dienone is 1. The molecule has 11 heavy (non-hydrogen) atoms. The standard InChI is InChI=1S/C6H4ClFN.ClH.Zn/c1-4-2-3-5(7)9-6(4)8;;/h2-3H,1H2;1H;/p-1. The van der Waals surface area contributed by atoms with Crippen LogP contribution in [0.15, 0.2) is 29.3 Å². The molecule has 0 saturated carbocycles. The van der Waals surface area contributed by atoms with Crippen molar-refractivity contribution in [1.82, 2.24) is 0 Å². The summed E-state index contributed by atoms with van der Waals surface area (Å²) in [6.45, 7) is 3.37. The van der Waals surface area contributed by atoms with Gasteiger partial charge in [0.1, 0.15) is 5.17 Å². The number of aliphatic imine (C=N–C) groups is 1. The quantitative estimate of drug-likeness (QED) is 0.392. The van der Waals surface area contributed by atoms with E-state index < -0.39 is 6.30 Å². The molecule has 0 amide bonds. The summed E-state index contributed by atoms with van der Waals surface area (Å²) in [6.07, 6.45) is 2.36. The minimum atomic E-state index is -0.609. The van der Waals surface area contributed by atoms with E-state index >= 15 is 0 Å². The van der Waals surface area contributed by atoms with Gasteiger partial charge in [-0.05, 0) is 6.08 Å². The molecule has 0 N–H and O–H groups in total. The van der Waals surface area contributed by atoms with Crippen LogP contribution in [0.1, 0.15) is 0 Å². The fraction of sp³-hybridized carbons (Fsp3) is 0. The van der Waals surface area contributed by atoms with Crippen LogP contribution in [-0.4, -0.2) is 5.17 Å². The fourth-order valence-electron chi connectivity index (χ4n) is 0.441. The van der Waals surface area contributed by atoms with Crippen LogP contribution in [0.4, 0.5) is 4.39 Å². The van der Waals surface area contributed by atoms with Gasteiger partial charge in [0, 0.05) is 25.1 Å². The first-order chi connectivity index (χ1) is 4.20. The van der Waals surface area contributed by atoms with Crippen molar-refractivity contribution in [2.75, 3.05) is 0 Å². The molecular weight excluding hydrogens is 241 g/mol. The van der Waals surface area contributed by atoms with Crippen molar-refractivity contribution in [3.8, 4) is 0 Å².